The highest BCUT2D eigenvalue weighted by atomic mass is 32.2. The number of carbonyl (C=O) groups is 2. The van der Waals surface area contributed by atoms with Crippen molar-refractivity contribution in [3.63, 3.8) is 0 Å². The van der Waals surface area contributed by atoms with Crippen LogP contribution in [-0.4, -0.2) is 37.7 Å². The van der Waals surface area contributed by atoms with Crippen LogP contribution in [0.3, 0.4) is 0 Å². The van der Waals surface area contributed by atoms with Crippen LogP contribution in [0.5, 0.6) is 5.75 Å². The molecule has 0 saturated carbocycles. The molecule has 2 aromatic carbocycles. The van der Waals surface area contributed by atoms with E-state index in [1.807, 2.05) is 0 Å². The predicted octanol–water partition coefficient (Wildman–Crippen LogP) is 3.54. The van der Waals surface area contributed by atoms with Crippen molar-refractivity contribution < 1.29 is 32.0 Å². The van der Waals surface area contributed by atoms with Crippen LogP contribution in [0.25, 0.3) is 0 Å². The number of hydrogen-bond acceptors (Lipinski definition) is 6. The normalized spacial score (nSPS) is 12.6. The molecular weight excluding hydrogens is 410 g/mol. The molecule has 0 heterocycles. The molecule has 0 aliphatic heterocycles. The van der Waals surface area contributed by atoms with Gasteiger partial charge in [0.15, 0.2) is 0 Å². The molecule has 2 aromatic rings. The molecule has 8 nitrogen and oxygen atoms in total. The van der Waals surface area contributed by atoms with Crippen molar-refractivity contribution in [2.24, 2.45) is 0 Å². The lowest BCUT2D eigenvalue weighted by molar-refractivity contribution is -0.137. The lowest BCUT2D eigenvalue weighted by Crippen LogP contribution is -2.35. The van der Waals surface area contributed by atoms with E-state index >= 15 is 0 Å². The van der Waals surface area contributed by atoms with Crippen LogP contribution in [-0.2, 0) is 19.6 Å². The molecule has 162 valence electrons. The van der Waals surface area contributed by atoms with Gasteiger partial charge in [0.05, 0.1) is 6.42 Å². The fraction of sp³-hybridized carbons (Fsp3) is 0.333. The van der Waals surface area contributed by atoms with Gasteiger partial charge in [-0.2, -0.15) is 8.42 Å². The average molecular weight is 435 g/mol. The molecule has 1 atom stereocenters. The Labute approximate surface area is 176 Å². The summed E-state index contributed by atoms with van der Waals surface area (Å²) in [6.07, 6.45) is -1.05. The third-order valence-electron chi connectivity index (χ3n) is 3.90. The molecule has 1 amide bonds. The standard InChI is InChI=1S/C21H25NO7S/c1-21(2,3)28-20(25)22-14-15(13-19(23)24)17-11-7-8-12-18(17)29-30(26,27)16-9-5-4-6-10-16/h4-12,15H,13-14H2,1-3H3,(H,22,25)(H,23,24). The van der Waals surface area contributed by atoms with Crippen LogP contribution in [0.15, 0.2) is 59.5 Å². The predicted molar refractivity (Wildman–Crippen MR) is 110 cm³/mol. The highest BCUT2D eigenvalue weighted by Crippen LogP contribution is 2.31. The minimum Gasteiger partial charge on any atom is -0.481 e. The topological polar surface area (TPSA) is 119 Å². The lowest BCUT2D eigenvalue weighted by atomic mass is 9.95. The molecule has 30 heavy (non-hydrogen) atoms. The van der Waals surface area contributed by atoms with E-state index in [0.717, 1.165) is 0 Å². The Bertz CT molecular complexity index is 982. The van der Waals surface area contributed by atoms with Gasteiger partial charge in [0.2, 0.25) is 0 Å². The van der Waals surface area contributed by atoms with Crippen molar-refractivity contribution in [2.45, 2.75) is 43.6 Å². The quantitative estimate of drug-likeness (QED) is 0.609. The second kappa shape index (κ2) is 9.62. The van der Waals surface area contributed by atoms with E-state index in [1.165, 1.54) is 18.2 Å². The van der Waals surface area contributed by atoms with E-state index in [4.69, 9.17) is 8.92 Å². The maximum Gasteiger partial charge on any atom is 0.407 e. The Morgan fingerprint density at radius 2 is 1.63 bits per heavy atom. The molecule has 0 aromatic heterocycles. The molecule has 0 spiro atoms. The summed E-state index contributed by atoms with van der Waals surface area (Å²) in [4.78, 5) is 23.3. The van der Waals surface area contributed by atoms with Crippen LogP contribution in [0.2, 0.25) is 0 Å². The minimum absolute atomic E-state index is 0.00130. The second-order valence-electron chi connectivity index (χ2n) is 7.57. The molecule has 0 aliphatic carbocycles. The smallest absolute Gasteiger partial charge is 0.407 e. The fourth-order valence-electron chi connectivity index (χ4n) is 2.67. The molecule has 0 radical (unpaired) electrons. The second-order valence-corrected chi connectivity index (χ2v) is 9.11. The monoisotopic (exact) mass is 435 g/mol. The van der Waals surface area contributed by atoms with Crippen LogP contribution in [0, 0.1) is 0 Å². The number of aliphatic carboxylic acids is 1. The number of para-hydroxylation sites is 1. The summed E-state index contributed by atoms with van der Waals surface area (Å²) in [5.41, 5.74) is -0.368. The number of benzene rings is 2. The summed E-state index contributed by atoms with van der Waals surface area (Å²) in [6, 6.07) is 13.8. The zero-order valence-electron chi connectivity index (χ0n) is 17.0. The van der Waals surface area contributed by atoms with Crippen molar-refractivity contribution in [1.82, 2.24) is 5.32 Å². The summed E-state index contributed by atoms with van der Waals surface area (Å²) < 4.78 is 35.7. The number of alkyl carbamates (subject to hydrolysis) is 1. The number of amides is 1. The van der Waals surface area contributed by atoms with Gasteiger partial charge in [-0.25, -0.2) is 4.79 Å². The highest BCUT2D eigenvalue weighted by Gasteiger charge is 2.25. The van der Waals surface area contributed by atoms with Gasteiger partial charge < -0.3 is 19.3 Å². The molecule has 0 aliphatic rings. The number of hydrogen-bond donors (Lipinski definition) is 2. The molecular formula is C21H25NO7S. The molecule has 9 heteroatoms. The fourth-order valence-corrected chi connectivity index (χ4v) is 3.65. The third kappa shape index (κ3) is 7.07. The van der Waals surface area contributed by atoms with Gasteiger partial charge in [0.25, 0.3) is 0 Å². The van der Waals surface area contributed by atoms with Crippen LogP contribution >= 0.6 is 0 Å². The van der Waals surface area contributed by atoms with Gasteiger partial charge in [-0.15, -0.1) is 0 Å². The molecule has 0 saturated heterocycles. The van der Waals surface area contributed by atoms with E-state index in [2.05, 4.69) is 5.32 Å². The summed E-state index contributed by atoms with van der Waals surface area (Å²) in [7, 11) is -4.11. The molecule has 2 N–H and O–H groups in total. The lowest BCUT2D eigenvalue weighted by Gasteiger charge is -2.22. The number of nitrogens with one attached hydrogen (secondary N) is 1. The van der Waals surface area contributed by atoms with Gasteiger partial charge in [0, 0.05) is 18.0 Å². The van der Waals surface area contributed by atoms with E-state index in [1.54, 1.807) is 57.2 Å². The van der Waals surface area contributed by atoms with Gasteiger partial charge in [0.1, 0.15) is 16.2 Å². The van der Waals surface area contributed by atoms with Gasteiger partial charge >= 0.3 is 22.2 Å². The molecule has 0 fully saturated rings. The molecule has 2 rings (SSSR count). The molecule has 1 unspecified atom stereocenters. The van der Waals surface area contributed by atoms with E-state index in [-0.39, 0.29) is 23.6 Å². The Kier molecular flexibility index (Phi) is 7.44. The van der Waals surface area contributed by atoms with Crippen LogP contribution in [0.4, 0.5) is 4.79 Å². The Morgan fingerprint density at radius 3 is 2.23 bits per heavy atom. The first kappa shape index (κ1) is 23.2. The summed E-state index contributed by atoms with van der Waals surface area (Å²) in [5, 5.41) is 11.8. The van der Waals surface area contributed by atoms with Gasteiger partial charge in [-0.05, 0) is 39.0 Å². The third-order valence-corrected chi connectivity index (χ3v) is 5.15. The van der Waals surface area contributed by atoms with Crippen molar-refractivity contribution in [3.8, 4) is 5.75 Å². The number of carbonyl (C=O) groups excluding carboxylic acids is 1. The van der Waals surface area contributed by atoms with E-state index < -0.39 is 33.7 Å². The van der Waals surface area contributed by atoms with Crippen LogP contribution < -0.4 is 9.50 Å². The average Bonchev–Trinajstić information content (AvgIpc) is 2.64. The molecule has 0 bridgehead atoms. The SMILES string of the molecule is CC(C)(C)OC(=O)NCC(CC(=O)O)c1ccccc1OS(=O)(=O)c1ccccc1. The summed E-state index contributed by atoms with van der Waals surface area (Å²) in [6.45, 7) is 5.05. The van der Waals surface area contributed by atoms with E-state index in [0.29, 0.717) is 5.56 Å². The Hall–Kier alpha value is -3.07. The number of carboxylic acid groups (broad SMARTS) is 1. The zero-order valence-corrected chi connectivity index (χ0v) is 17.8. The largest absolute Gasteiger partial charge is 0.481 e. The van der Waals surface area contributed by atoms with Crippen molar-refractivity contribution in [1.29, 1.82) is 0 Å². The van der Waals surface area contributed by atoms with Gasteiger partial charge in [-0.1, -0.05) is 36.4 Å². The van der Waals surface area contributed by atoms with Gasteiger partial charge in [-0.3, -0.25) is 4.79 Å². The van der Waals surface area contributed by atoms with Crippen molar-refractivity contribution >= 4 is 22.2 Å². The number of rotatable bonds is 8. The maximum atomic E-state index is 12.6. The highest BCUT2D eigenvalue weighted by molar-refractivity contribution is 7.87. The summed E-state index contributed by atoms with van der Waals surface area (Å²) in [5.74, 6) is -1.84. The first-order chi connectivity index (χ1) is 14.0. The van der Waals surface area contributed by atoms with Crippen LogP contribution in [0.1, 0.15) is 38.7 Å². The van der Waals surface area contributed by atoms with E-state index in [9.17, 15) is 23.1 Å². The zero-order chi connectivity index (χ0) is 22.4. The first-order valence-corrected chi connectivity index (χ1v) is 10.7. The van der Waals surface area contributed by atoms with Crippen molar-refractivity contribution in [3.05, 3.63) is 60.2 Å². The number of carboxylic acids is 1. The summed E-state index contributed by atoms with van der Waals surface area (Å²) >= 11 is 0. The minimum atomic E-state index is -4.11. The number of ether oxygens (including phenoxy) is 1. The Morgan fingerprint density at radius 1 is 1.03 bits per heavy atom. The first-order valence-electron chi connectivity index (χ1n) is 9.25. The Balaban J connectivity index is 2.27. The van der Waals surface area contributed by atoms with Crippen molar-refractivity contribution in [2.75, 3.05) is 6.54 Å². The maximum absolute atomic E-state index is 12.6.